The van der Waals surface area contributed by atoms with Gasteiger partial charge < -0.3 is 10.6 Å². The molecule has 1 fully saturated rings. The molecule has 0 bridgehead atoms. The molecule has 21 heavy (non-hydrogen) atoms. The summed E-state index contributed by atoms with van der Waals surface area (Å²) in [5, 5.41) is 0. The highest BCUT2D eigenvalue weighted by Gasteiger charge is 2.26. The fourth-order valence-electron chi connectivity index (χ4n) is 2.47. The number of halogens is 1. The SMILES string of the molecule is Cc1ccc(Br)c(C(=O)N2CCN(C(C)C(N)=S)CC2)c1. The monoisotopic (exact) mass is 369 g/mol. The molecule has 1 aromatic rings. The molecule has 1 saturated heterocycles. The van der Waals surface area contributed by atoms with Gasteiger partial charge in [0.25, 0.3) is 5.91 Å². The van der Waals surface area contributed by atoms with Crippen LogP contribution in [0.3, 0.4) is 0 Å². The third-order valence-electron chi connectivity index (χ3n) is 3.91. The molecule has 0 saturated carbocycles. The molecule has 114 valence electrons. The standard InChI is InChI=1S/C15H20BrN3OS/c1-10-3-4-13(16)12(9-10)15(20)19-7-5-18(6-8-19)11(2)14(17)21/h3-4,9,11H,5-8H2,1-2H3,(H2,17,21). The number of nitrogens with zero attached hydrogens (tertiary/aromatic N) is 2. The first-order valence-corrected chi connectivity index (χ1v) is 8.19. The normalized spacial score (nSPS) is 17.6. The molecule has 1 aliphatic heterocycles. The smallest absolute Gasteiger partial charge is 0.255 e. The summed E-state index contributed by atoms with van der Waals surface area (Å²) in [6, 6.07) is 5.93. The maximum atomic E-state index is 12.6. The van der Waals surface area contributed by atoms with Gasteiger partial charge in [0.1, 0.15) is 0 Å². The van der Waals surface area contributed by atoms with Gasteiger partial charge >= 0.3 is 0 Å². The fourth-order valence-corrected chi connectivity index (χ4v) is 3.03. The highest BCUT2D eigenvalue weighted by molar-refractivity contribution is 9.10. The van der Waals surface area contributed by atoms with Crippen molar-refractivity contribution in [3.8, 4) is 0 Å². The van der Waals surface area contributed by atoms with Crippen LogP contribution >= 0.6 is 28.1 Å². The first-order valence-electron chi connectivity index (χ1n) is 6.99. The van der Waals surface area contributed by atoms with Gasteiger partial charge in [-0.3, -0.25) is 9.69 Å². The zero-order chi connectivity index (χ0) is 15.6. The number of hydrogen-bond acceptors (Lipinski definition) is 3. The van der Waals surface area contributed by atoms with E-state index in [0.29, 0.717) is 18.1 Å². The van der Waals surface area contributed by atoms with Crippen LogP contribution in [0.15, 0.2) is 22.7 Å². The Morgan fingerprint density at radius 1 is 1.33 bits per heavy atom. The van der Waals surface area contributed by atoms with Gasteiger partial charge in [-0.2, -0.15) is 0 Å². The van der Waals surface area contributed by atoms with E-state index >= 15 is 0 Å². The lowest BCUT2D eigenvalue weighted by Gasteiger charge is -2.37. The Labute approximate surface area is 139 Å². The van der Waals surface area contributed by atoms with Gasteiger partial charge in [0.15, 0.2) is 0 Å². The number of carbonyl (C=O) groups excluding carboxylic acids is 1. The van der Waals surface area contributed by atoms with Gasteiger partial charge in [-0.25, -0.2) is 0 Å². The first-order chi connectivity index (χ1) is 9.90. The number of nitrogens with two attached hydrogens (primary N) is 1. The second kappa shape index (κ2) is 6.85. The van der Waals surface area contributed by atoms with Crippen molar-refractivity contribution in [3.05, 3.63) is 33.8 Å². The number of amides is 1. The minimum absolute atomic E-state index is 0.0770. The molecular weight excluding hydrogens is 350 g/mol. The van der Waals surface area contributed by atoms with Gasteiger partial charge in [-0.1, -0.05) is 23.8 Å². The lowest BCUT2D eigenvalue weighted by atomic mass is 10.1. The van der Waals surface area contributed by atoms with Crippen molar-refractivity contribution in [2.45, 2.75) is 19.9 Å². The second-order valence-electron chi connectivity index (χ2n) is 5.39. The maximum Gasteiger partial charge on any atom is 0.255 e. The molecule has 0 aromatic heterocycles. The molecule has 4 nitrogen and oxygen atoms in total. The van der Waals surface area contributed by atoms with E-state index in [1.807, 2.05) is 36.9 Å². The summed E-state index contributed by atoms with van der Waals surface area (Å²) in [7, 11) is 0. The summed E-state index contributed by atoms with van der Waals surface area (Å²) in [4.78, 5) is 17.2. The predicted molar refractivity (Wildman–Crippen MR) is 92.6 cm³/mol. The number of carbonyl (C=O) groups is 1. The zero-order valence-electron chi connectivity index (χ0n) is 12.3. The molecule has 1 aliphatic rings. The Bertz CT molecular complexity index is 556. The molecule has 0 aliphatic carbocycles. The third kappa shape index (κ3) is 3.81. The van der Waals surface area contributed by atoms with Crippen LogP contribution in [0.4, 0.5) is 0 Å². The lowest BCUT2D eigenvalue weighted by molar-refractivity contribution is 0.0620. The van der Waals surface area contributed by atoms with Gasteiger partial charge in [0.2, 0.25) is 0 Å². The van der Waals surface area contributed by atoms with E-state index in [1.54, 1.807) is 0 Å². The minimum Gasteiger partial charge on any atom is -0.392 e. The molecule has 2 rings (SSSR count). The Balaban J connectivity index is 2.03. The Kier molecular flexibility index (Phi) is 5.35. The third-order valence-corrected chi connectivity index (χ3v) is 4.95. The summed E-state index contributed by atoms with van der Waals surface area (Å²) in [6.45, 7) is 7.00. The summed E-state index contributed by atoms with van der Waals surface area (Å²) in [5.74, 6) is 0.0770. The van der Waals surface area contributed by atoms with Crippen LogP contribution in [-0.2, 0) is 0 Å². The van der Waals surface area contributed by atoms with Crippen molar-refractivity contribution in [2.75, 3.05) is 26.2 Å². The van der Waals surface area contributed by atoms with Crippen LogP contribution < -0.4 is 5.73 Å². The van der Waals surface area contributed by atoms with E-state index in [0.717, 1.165) is 28.7 Å². The number of rotatable bonds is 3. The first kappa shape index (κ1) is 16.4. The topological polar surface area (TPSA) is 49.6 Å². The average Bonchev–Trinajstić information content (AvgIpc) is 2.48. The van der Waals surface area contributed by atoms with Crippen LogP contribution in [0, 0.1) is 6.92 Å². The number of thiocarbonyl (C=S) groups is 1. The molecule has 0 spiro atoms. The van der Waals surface area contributed by atoms with E-state index in [9.17, 15) is 4.79 Å². The molecule has 1 aromatic carbocycles. The van der Waals surface area contributed by atoms with Gasteiger partial charge in [0, 0.05) is 30.7 Å². The summed E-state index contributed by atoms with van der Waals surface area (Å²) < 4.78 is 0.844. The van der Waals surface area contributed by atoms with Crippen molar-refractivity contribution >= 4 is 39.0 Å². The lowest BCUT2D eigenvalue weighted by Crippen LogP contribution is -2.54. The molecule has 1 amide bonds. The number of aryl methyl sites for hydroxylation is 1. The van der Waals surface area contributed by atoms with E-state index in [4.69, 9.17) is 18.0 Å². The maximum absolute atomic E-state index is 12.6. The minimum atomic E-state index is 0.0770. The Hall–Kier alpha value is -0.980. The molecule has 2 N–H and O–H groups in total. The molecule has 1 unspecified atom stereocenters. The quantitative estimate of drug-likeness (QED) is 0.829. The van der Waals surface area contributed by atoms with Gasteiger partial charge in [0.05, 0.1) is 16.6 Å². The molecule has 1 atom stereocenters. The highest BCUT2D eigenvalue weighted by Crippen LogP contribution is 2.21. The van der Waals surface area contributed by atoms with Crippen LogP contribution in [0.5, 0.6) is 0 Å². The molecule has 0 radical (unpaired) electrons. The van der Waals surface area contributed by atoms with Crippen LogP contribution in [0.2, 0.25) is 0 Å². The molecule has 6 heteroatoms. The summed E-state index contributed by atoms with van der Waals surface area (Å²) in [6.07, 6.45) is 0. The number of hydrogen-bond donors (Lipinski definition) is 1. The van der Waals surface area contributed by atoms with Crippen molar-refractivity contribution in [2.24, 2.45) is 5.73 Å². The molecule has 1 heterocycles. The second-order valence-corrected chi connectivity index (χ2v) is 6.72. The van der Waals surface area contributed by atoms with Crippen LogP contribution in [0.25, 0.3) is 0 Å². The van der Waals surface area contributed by atoms with E-state index in [2.05, 4.69) is 20.8 Å². The predicted octanol–water partition coefficient (Wildman–Crippen LogP) is 2.19. The number of benzene rings is 1. The van der Waals surface area contributed by atoms with Crippen LogP contribution in [-0.4, -0.2) is 52.9 Å². The van der Waals surface area contributed by atoms with Crippen LogP contribution in [0.1, 0.15) is 22.8 Å². The van der Waals surface area contributed by atoms with E-state index in [1.165, 1.54) is 0 Å². The Morgan fingerprint density at radius 2 is 1.95 bits per heavy atom. The van der Waals surface area contributed by atoms with Gasteiger partial charge in [-0.15, -0.1) is 0 Å². The van der Waals surface area contributed by atoms with Gasteiger partial charge in [-0.05, 0) is 41.9 Å². The Morgan fingerprint density at radius 3 is 2.52 bits per heavy atom. The van der Waals surface area contributed by atoms with Crippen molar-refractivity contribution in [1.82, 2.24) is 9.80 Å². The van der Waals surface area contributed by atoms with Crippen molar-refractivity contribution in [3.63, 3.8) is 0 Å². The highest BCUT2D eigenvalue weighted by atomic mass is 79.9. The van der Waals surface area contributed by atoms with Crippen molar-refractivity contribution < 1.29 is 4.79 Å². The number of piperazine rings is 1. The summed E-state index contributed by atoms with van der Waals surface area (Å²) >= 11 is 8.50. The van der Waals surface area contributed by atoms with E-state index in [-0.39, 0.29) is 11.9 Å². The molecular formula is C15H20BrN3OS. The fraction of sp³-hybridized carbons (Fsp3) is 0.467. The van der Waals surface area contributed by atoms with Crippen molar-refractivity contribution in [1.29, 1.82) is 0 Å². The summed E-state index contributed by atoms with van der Waals surface area (Å²) in [5.41, 5.74) is 7.50. The zero-order valence-corrected chi connectivity index (χ0v) is 14.7. The largest absolute Gasteiger partial charge is 0.392 e. The average molecular weight is 370 g/mol. The van der Waals surface area contributed by atoms with E-state index < -0.39 is 0 Å².